The number of nitrogen functional groups attached to an aromatic ring is 1. The van der Waals surface area contributed by atoms with Crippen molar-refractivity contribution < 1.29 is 38.1 Å². The van der Waals surface area contributed by atoms with Crippen molar-refractivity contribution in [1.82, 2.24) is 14.6 Å². The van der Waals surface area contributed by atoms with Crippen molar-refractivity contribution in [2.75, 3.05) is 18.9 Å². The molecule has 1 saturated heterocycles. The number of carbonyl (C=O) groups excluding carboxylic acids is 1. The Balaban J connectivity index is 1.80. The van der Waals surface area contributed by atoms with Crippen molar-refractivity contribution in [3.05, 3.63) is 52.0 Å². The first-order valence-corrected chi connectivity index (χ1v) is 12.8. The molecule has 15 heteroatoms. The molecule has 198 valence electrons. The maximum atomic E-state index is 13.6. The lowest BCUT2D eigenvalue weighted by Crippen LogP contribution is -2.46. The molecular formula is C21H28ClN4O9P. The molecule has 2 aromatic rings. The maximum Gasteiger partial charge on any atom is 0.459 e. The number of aliphatic hydroxyl groups is 2. The molecule has 1 fully saturated rings. The van der Waals surface area contributed by atoms with E-state index >= 15 is 0 Å². The minimum Gasteiger partial charge on any atom is -0.465 e. The van der Waals surface area contributed by atoms with Gasteiger partial charge in [0, 0.05) is 11.2 Å². The summed E-state index contributed by atoms with van der Waals surface area (Å²) in [6.07, 6.45) is -2.92. The number of rotatable bonds is 10. The van der Waals surface area contributed by atoms with Crippen LogP contribution in [-0.4, -0.2) is 62.8 Å². The monoisotopic (exact) mass is 546 g/mol. The number of carbonyl (C=O) groups is 1. The molecule has 3 rings (SSSR count). The van der Waals surface area contributed by atoms with E-state index < -0.39 is 56.1 Å². The normalized spacial score (nSPS) is 26.2. The molecule has 0 unspecified atom stereocenters. The zero-order valence-electron chi connectivity index (χ0n) is 19.7. The second-order valence-electron chi connectivity index (χ2n) is 8.18. The van der Waals surface area contributed by atoms with Crippen LogP contribution in [0, 0.1) is 0 Å². The number of aromatic nitrogens is 2. The average molecular weight is 547 g/mol. The van der Waals surface area contributed by atoms with Crippen LogP contribution in [0.1, 0.15) is 27.0 Å². The number of nitrogens with zero attached hydrogens (tertiary/aromatic N) is 2. The molecule has 2 heterocycles. The van der Waals surface area contributed by atoms with Gasteiger partial charge in [-0.2, -0.15) is 10.1 Å². The van der Waals surface area contributed by atoms with Crippen molar-refractivity contribution in [1.29, 1.82) is 0 Å². The number of hydrogen-bond acceptors (Lipinski definition) is 11. The van der Waals surface area contributed by atoms with Gasteiger partial charge in [-0.05, 0) is 51.1 Å². The summed E-state index contributed by atoms with van der Waals surface area (Å²) in [5.41, 5.74) is 2.74. The summed E-state index contributed by atoms with van der Waals surface area (Å²) in [5, 5.41) is 24.5. The summed E-state index contributed by atoms with van der Waals surface area (Å²) in [5.74, 6) is -0.614. The number of nitrogens with two attached hydrogens (primary N) is 1. The summed E-state index contributed by atoms with van der Waals surface area (Å²) in [6.45, 7) is 3.83. The van der Waals surface area contributed by atoms with E-state index in [0.29, 0.717) is 5.02 Å². The Morgan fingerprint density at radius 3 is 2.67 bits per heavy atom. The van der Waals surface area contributed by atoms with Crippen molar-refractivity contribution >= 4 is 31.1 Å². The topological polar surface area (TPSA) is 184 Å². The fraction of sp³-hybridized carbons (Fsp3) is 0.476. The Kier molecular flexibility index (Phi) is 8.78. The van der Waals surface area contributed by atoms with Gasteiger partial charge in [-0.3, -0.25) is 13.9 Å². The van der Waals surface area contributed by atoms with E-state index in [9.17, 15) is 24.4 Å². The Hall–Kier alpha value is -2.51. The van der Waals surface area contributed by atoms with Crippen LogP contribution in [0.2, 0.25) is 5.02 Å². The molecule has 36 heavy (non-hydrogen) atoms. The third-order valence-electron chi connectivity index (χ3n) is 5.30. The number of hydrogen-bond donors (Lipinski definition) is 4. The van der Waals surface area contributed by atoms with Gasteiger partial charge in [-0.15, -0.1) is 0 Å². The lowest BCUT2D eigenvalue weighted by atomic mass is 9.96. The zero-order chi connectivity index (χ0) is 26.7. The predicted octanol–water partition coefficient (Wildman–Crippen LogP) is 1.23. The molecule has 13 nitrogen and oxygen atoms in total. The minimum atomic E-state index is -4.28. The van der Waals surface area contributed by atoms with E-state index in [1.165, 1.54) is 50.4 Å². The lowest BCUT2D eigenvalue weighted by molar-refractivity contribution is -0.144. The fourth-order valence-electron chi connectivity index (χ4n) is 3.44. The van der Waals surface area contributed by atoms with Crippen molar-refractivity contribution in [2.24, 2.45) is 0 Å². The predicted molar refractivity (Wildman–Crippen MR) is 128 cm³/mol. The highest BCUT2D eigenvalue weighted by Gasteiger charge is 2.54. The third kappa shape index (κ3) is 6.43. The van der Waals surface area contributed by atoms with Gasteiger partial charge >= 0.3 is 19.4 Å². The van der Waals surface area contributed by atoms with E-state index in [1.807, 2.05) is 0 Å². The molecule has 1 aliphatic rings. The second kappa shape index (κ2) is 11.3. The summed E-state index contributed by atoms with van der Waals surface area (Å²) in [6, 6.07) is 6.12. The van der Waals surface area contributed by atoms with Gasteiger partial charge in [-0.25, -0.2) is 9.36 Å². The fourth-order valence-corrected chi connectivity index (χ4v) is 5.06. The highest BCUT2D eigenvalue weighted by Crippen LogP contribution is 2.47. The van der Waals surface area contributed by atoms with E-state index in [1.54, 1.807) is 6.92 Å². The van der Waals surface area contributed by atoms with Crippen LogP contribution in [0.15, 0.2) is 41.3 Å². The van der Waals surface area contributed by atoms with Crippen LogP contribution in [0.5, 0.6) is 5.75 Å². The smallest absolute Gasteiger partial charge is 0.459 e. The number of anilines is 1. The third-order valence-corrected chi connectivity index (χ3v) is 7.19. The lowest BCUT2D eigenvalue weighted by Gasteiger charge is -2.27. The van der Waals surface area contributed by atoms with Gasteiger partial charge in [-0.1, -0.05) is 11.6 Å². The van der Waals surface area contributed by atoms with Crippen molar-refractivity contribution in [3.8, 4) is 5.75 Å². The molecular weight excluding hydrogens is 519 g/mol. The zero-order valence-corrected chi connectivity index (χ0v) is 21.4. The molecule has 1 aromatic heterocycles. The summed E-state index contributed by atoms with van der Waals surface area (Å²) in [4.78, 5) is 27.9. The number of ether oxygens (including phenoxy) is 2. The number of halogens is 1. The van der Waals surface area contributed by atoms with Crippen molar-refractivity contribution in [3.63, 3.8) is 0 Å². The molecule has 1 aromatic carbocycles. The van der Waals surface area contributed by atoms with Gasteiger partial charge in [0.2, 0.25) is 0 Å². The first-order chi connectivity index (χ1) is 16.9. The number of nitrogens with one attached hydrogen (secondary N) is 1. The highest BCUT2D eigenvalue weighted by atomic mass is 35.5. The first-order valence-electron chi connectivity index (χ1n) is 10.9. The van der Waals surface area contributed by atoms with Crippen LogP contribution in [0.4, 0.5) is 5.82 Å². The molecule has 0 radical (unpaired) electrons. The SMILES string of the molecule is CCOC(=O)[C@H](C)N[P@](=O)(OC[C@H]1O[C@@H](n2ccc(N)nc2=O)[C@](C)(O)[C@@H]1O)Oc1ccc(Cl)cc1. The van der Waals surface area contributed by atoms with Crippen LogP contribution < -0.4 is 21.0 Å². The Bertz CT molecular complexity index is 1180. The molecule has 0 aliphatic carbocycles. The Labute approximate surface area is 211 Å². The summed E-state index contributed by atoms with van der Waals surface area (Å²) in [7, 11) is -4.28. The summed E-state index contributed by atoms with van der Waals surface area (Å²) >= 11 is 5.88. The number of benzene rings is 1. The van der Waals surface area contributed by atoms with E-state index in [4.69, 9.17) is 35.9 Å². The van der Waals surface area contributed by atoms with Gasteiger partial charge < -0.3 is 29.9 Å². The van der Waals surface area contributed by atoms with Gasteiger partial charge in [0.15, 0.2) is 6.23 Å². The number of esters is 1. The molecule has 1 aliphatic heterocycles. The first kappa shape index (κ1) is 28.1. The van der Waals surface area contributed by atoms with Crippen LogP contribution in [0.3, 0.4) is 0 Å². The number of aliphatic hydroxyl groups excluding tert-OH is 1. The summed E-state index contributed by atoms with van der Waals surface area (Å²) < 4.78 is 36.2. The molecule has 0 saturated carbocycles. The van der Waals surface area contributed by atoms with Crippen LogP contribution in [-0.2, 0) is 23.4 Å². The molecule has 0 amide bonds. The largest absolute Gasteiger partial charge is 0.465 e. The Morgan fingerprint density at radius 2 is 2.06 bits per heavy atom. The van der Waals surface area contributed by atoms with Gasteiger partial charge in [0.1, 0.15) is 35.4 Å². The maximum absolute atomic E-state index is 13.6. The molecule has 0 spiro atoms. The highest BCUT2D eigenvalue weighted by molar-refractivity contribution is 7.52. The minimum absolute atomic E-state index is 0.0311. The molecule has 6 atom stereocenters. The quantitative estimate of drug-likeness (QED) is 0.247. The standard InChI is InChI=1S/C21H28ClN4O9P/c1-4-32-18(28)12(2)25-36(31,35-14-7-5-13(22)6-8-14)33-11-15-17(27)21(3,30)19(34-15)26-10-9-16(23)24-20(26)29/h5-10,12,15,17,19,27,30H,4,11H2,1-3H3,(H,25,31)(H2,23,24,29)/t12-,15+,17+,19+,21+,36-/m0/s1. The van der Waals surface area contributed by atoms with Gasteiger partial charge in [0.05, 0.1) is 13.2 Å². The van der Waals surface area contributed by atoms with Gasteiger partial charge in [0.25, 0.3) is 0 Å². The van der Waals surface area contributed by atoms with E-state index in [-0.39, 0.29) is 18.2 Å². The van der Waals surface area contributed by atoms with Crippen molar-refractivity contribution in [2.45, 2.75) is 50.8 Å². The average Bonchev–Trinajstić information content (AvgIpc) is 3.03. The molecule has 0 bridgehead atoms. The Morgan fingerprint density at radius 1 is 1.39 bits per heavy atom. The van der Waals surface area contributed by atoms with E-state index in [0.717, 1.165) is 4.57 Å². The van der Waals surface area contributed by atoms with E-state index in [2.05, 4.69) is 10.1 Å². The second-order valence-corrected chi connectivity index (χ2v) is 10.3. The molecule has 5 N–H and O–H groups in total. The van der Waals surface area contributed by atoms with Crippen LogP contribution >= 0.6 is 19.3 Å². The van der Waals surface area contributed by atoms with Crippen LogP contribution in [0.25, 0.3) is 0 Å².